The molecule has 2 aliphatic heterocycles. The first kappa shape index (κ1) is 16.0. The van der Waals surface area contributed by atoms with Crippen molar-refractivity contribution in [2.75, 3.05) is 52.5 Å². The number of urea groups is 1. The molecule has 21 heavy (non-hydrogen) atoms. The molecule has 7 heteroatoms. The summed E-state index contributed by atoms with van der Waals surface area (Å²) in [5, 5.41) is 12.2. The van der Waals surface area contributed by atoms with Crippen LogP contribution in [0.4, 0.5) is 4.79 Å². The first-order chi connectivity index (χ1) is 10.0. The van der Waals surface area contributed by atoms with Crippen LogP contribution in [0, 0.1) is 5.41 Å². The topological polar surface area (TPSA) is 82.1 Å². The highest BCUT2D eigenvalue weighted by atomic mass is 16.5. The molecule has 2 heterocycles. The summed E-state index contributed by atoms with van der Waals surface area (Å²) < 4.78 is 5.27. The zero-order chi connectivity index (χ0) is 15.3. The van der Waals surface area contributed by atoms with Gasteiger partial charge in [-0.1, -0.05) is 0 Å². The van der Waals surface area contributed by atoms with Gasteiger partial charge in [-0.05, 0) is 19.8 Å². The van der Waals surface area contributed by atoms with Gasteiger partial charge in [-0.15, -0.1) is 0 Å². The maximum Gasteiger partial charge on any atom is 0.317 e. The molecule has 0 saturated carbocycles. The summed E-state index contributed by atoms with van der Waals surface area (Å²) in [6.45, 7) is 7.31. The fourth-order valence-electron chi connectivity index (χ4n) is 2.84. The van der Waals surface area contributed by atoms with Crippen molar-refractivity contribution in [3.8, 4) is 0 Å². The molecular formula is C14H25N3O4. The third kappa shape index (κ3) is 4.31. The summed E-state index contributed by atoms with van der Waals surface area (Å²) >= 11 is 0. The molecule has 2 saturated heterocycles. The smallest absolute Gasteiger partial charge is 0.317 e. The predicted molar refractivity (Wildman–Crippen MR) is 77.2 cm³/mol. The number of ether oxygens (including phenoxy) is 1. The molecule has 0 spiro atoms. The van der Waals surface area contributed by atoms with Crippen LogP contribution in [0.15, 0.2) is 0 Å². The van der Waals surface area contributed by atoms with Gasteiger partial charge in [-0.25, -0.2) is 4.79 Å². The summed E-state index contributed by atoms with van der Waals surface area (Å²) in [5.41, 5.74) is -0.820. The summed E-state index contributed by atoms with van der Waals surface area (Å²) in [7, 11) is 0. The molecular weight excluding hydrogens is 274 g/mol. The van der Waals surface area contributed by atoms with Crippen LogP contribution in [0.2, 0.25) is 0 Å². The van der Waals surface area contributed by atoms with Crippen molar-refractivity contribution in [3.05, 3.63) is 0 Å². The number of carboxylic acid groups (broad SMARTS) is 1. The van der Waals surface area contributed by atoms with Gasteiger partial charge in [0.15, 0.2) is 0 Å². The van der Waals surface area contributed by atoms with Crippen molar-refractivity contribution in [2.24, 2.45) is 5.41 Å². The zero-order valence-corrected chi connectivity index (χ0v) is 12.6. The first-order valence-corrected chi connectivity index (χ1v) is 7.57. The number of carbonyl (C=O) groups excluding carboxylic acids is 1. The Kier molecular flexibility index (Phi) is 5.41. The Hall–Kier alpha value is -1.34. The highest BCUT2D eigenvalue weighted by molar-refractivity contribution is 5.78. The molecule has 2 N–H and O–H groups in total. The van der Waals surface area contributed by atoms with Crippen molar-refractivity contribution >= 4 is 12.0 Å². The largest absolute Gasteiger partial charge is 0.481 e. The number of nitrogens with zero attached hydrogens (tertiary/aromatic N) is 2. The lowest BCUT2D eigenvalue weighted by Gasteiger charge is -2.37. The zero-order valence-electron chi connectivity index (χ0n) is 12.6. The van der Waals surface area contributed by atoms with E-state index in [1.807, 2.05) is 0 Å². The summed E-state index contributed by atoms with van der Waals surface area (Å²) in [5.74, 6) is -0.826. The molecule has 7 nitrogen and oxygen atoms in total. The normalized spacial score (nSPS) is 27.4. The molecule has 0 aromatic carbocycles. The van der Waals surface area contributed by atoms with Gasteiger partial charge in [0, 0.05) is 39.3 Å². The minimum atomic E-state index is -0.826. The molecule has 1 unspecified atom stereocenters. The highest BCUT2D eigenvalue weighted by Gasteiger charge is 2.39. The van der Waals surface area contributed by atoms with Crippen LogP contribution in [0.5, 0.6) is 0 Å². The number of hydrogen-bond acceptors (Lipinski definition) is 4. The van der Waals surface area contributed by atoms with Crippen LogP contribution < -0.4 is 5.32 Å². The van der Waals surface area contributed by atoms with Crippen LogP contribution in [0.3, 0.4) is 0 Å². The Balaban J connectivity index is 1.73. The Labute approximate surface area is 125 Å². The van der Waals surface area contributed by atoms with Crippen molar-refractivity contribution in [3.63, 3.8) is 0 Å². The number of amides is 2. The minimum Gasteiger partial charge on any atom is -0.481 e. The van der Waals surface area contributed by atoms with Gasteiger partial charge in [-0.3, -0.25) is 9.69 Å². The molecule has 2 aliphatic rings. The number of likely N-dealkylation sites (tertiary alicyclic amines) is 1. The van der Waals surface area contributed by atoms with Gasteiger partial charge >= 0.3 is 12.0 Å². The molecule has 120 valence electrons. The quantitative estimate of drug-likeness (QED) is 0.776. The van der Waals surface area contributed by atoms with E-state index in [-0.39, 0.29) is 12.6 Å². The predicted octanol–water partition coefficient (Wildman–Crippen LogP) is 0.215. The third-order valence-electron chi connectivity index (χ3n) is 4.31. The van der Waals surface area contributed by atoms with E-state index in [0.717, 1.165) is 39.3 Å². The van der Waals surface area contributed by atoms with Gasteiger partial charge in [-0.2, -0.15) is 0 Å². The van der Waals surface area contributed by atoms with E-state index in [9.17, 15) is 14.7 Å². The molecule has 0 aromatic rings. The van der Waals surface area contributed by atoms with E-state index < -0.39 is 11.4 Å². The average Bonchev–Trinajstić information content (AvgIpc) is 2.48. The van der Waals surface area contributed by atoms with E-state index >= 15 is 0 Å². The number of aliphatic carboxylic acids is 1. The number of carboxylic acids is 1. The van der Waals surface area contributed by atoms with Gasteiger partial charge in [0.2, 0.25) is 0 Å². The minimum absolute atomic E-state index is 0.157. The SMILES string of the molecule is CC1(C(=O)O)CCCN(C(=O)NCCN2CCOCC2)C1. The van der Waals surface area contributed by atoms with Crippen LogP contribution in [0.25, 0.3) is 0 Å². The second kappa shape index (κ2) is 7.09. The number of piperidine rings is 1. The van der Waals surface area contributed by atoms with Crippen molar-refractivity contribution in [1.29, 1.82) is 0 Å². The molecule has 0 aromatic heterocycles. The monoisotopic (exact) mass is 299 g/mol. The van der Waals surface area contributed by atoms with E-state index in [1.165, 1.54) is 0 Å². The van der Waals surface area contributed by atoms with Gasteiger partial charge in [0.1, 0.15) is 0 Å². The molecule has 2 fully saturated rings. The Morgan fingerprint density at radius 2 is 2.00 bits per heavy atom. The van der Waals surface area contributed by atoms with Crippen molar-refractivity contribution < 1.29 is 19.4 Å². The van der Waals surface area contributed by atoms with Gasteiger partial charge in [0.25, 0.3) is 0 Å². The number of hydrogen-bond donors (Lipinski definition) is 2. The van der Waals surface area contributed by atoms with Crippen LogP contribution in [-0.4, -0.2) is 79.4 Å². The number of morpholine rings is 1. The number of nitrogens with one attached hydrogen (secondary N) is 1. The van der Waals surface area contributed by atoms with E-state index in [4.69, 9.17) is 4.74 Å². The Bertz CT molecular complexity index is 384. The summed E-state index contributed by atoms with van der Waals surface area (Å²) in [6, 6.07) is -0.157. The molecule has 1 atom stereocenters. The van der Waals surface area contributed by atoms with Gasteiger partial charge in [0.05, 0.1) is 18.6 Å². The van der Waals surface area contributed by atoms with Gasteiger partial charge < -0.3 is 20.1 Å². The molecule has 0 bridgehead atoms. The second-order valence-electron chi connectivity index (χ2n) is 6.08. The lowest BCUT2D eigenvalue weighted by Crippen LogP contribution is -2.52. The van der Waals surface area contributed by atoms with Crippen LogP contribution >= 0.6 is 0 Å². The third-order valence-corrected chi connectivity index (χ3v) is 4.31. The second-order valence-corrected chi connectivity index (χ2v) is 6.08. The maximum absolute atomic E-state index is 12.1. The molecule has 2 amide bonds. The first-order valence-electron chi connectivity index (χ1n) is 7.57. The summed E-state index contributed by atoms with van der Waals surface area (Å²) in [4.78, 5) is 27.3. The molecule has 0 radical (unpaired) electrons. The van der Waals surface area contributed by atoms with Crippen molar-refractivity contribution in [2.45, 2.75) is 19.8 Å². The van der Waals surface area contributed by atoms with Crippen LogP contribution in [0.1, 0.15) is 19.8 Å². The molecule has 0 aliphatic carbocycles. The number of carbonyl (C=O) groups is 2. The maximum atomic E-state index is 12.1. The van der Waals surface area contributed by atoms with E-state index in [2.05, 4.69) is 10.2 Å². The molecule has 2 rings (SSSR count). The highest BCUT2D eigenvalue weighted by Crippen LogP contribution is 2.29. The van der Waals surface area contributed by atoms with Crippen molar-refractivity contribution in [1.82, 2.24) is 15.1 Å². The Morgan fingerprint density at radius 3 is 2.67 bits per heavy atom. The average molecular weight is 299 g/mol. The Morgan fingerprint density at radius 1 is 1.29 bits per heavy atom. The van der Waals surface area contributed by atoms with E-state index in [1.54, 1.807) is 11.8 Å². The number of rotatable bonds is 4. The fourth-order valence-corrected chi connectivity index (χ4v) is 2.84. The van der Waals surface area contributed by atoms with E-state index in [0.29, 0.717) is 19.5 Å². The fraction of sp³-hybridized carbons (Fsp3) is 0.857. The lowest BCUT2D eigenvalue weighted by molar-refractivity contribution is -0.150. The standard InChI is InChI=1S/C14H25N3O4/c1-14(12(18)19)3-2-5-17(11-14)13(20)15-4-6-16-7-9-21-10-8-16/h2-11H2,1H3,(H,15,20)(H,18,19). The lowest BCUT2D eigenvalue weighted by atomic mass is 9.82. The van der Waals surface area contributed by atoms with Crippen LogP contribution in [-0.2, 0) is 9.53 Å². The summed E-state index contributed by atoms with van der Waals surface area (Å²) in [6.07, 6.45) is 1.36.